The van der Waals surface area contributed by atoms with E-state index in [1.165, 1.54) is 0 Å². The summed E-state index contributed by atoms with van der Waals surface area (Å²) in [5.41, 5.74) is -0.587. The molecule has 1 aromatic carbocycles. The smallest absolute Gasteiger partial charge is 0.268 e. The summed E-state index contributed by atoms with van der Waals surface area (Å²) in [4.78, 5) is 25.1. The van der Waals surface area contributed by atoms with E-state index in [4.69, 9.17) is 16.3 Å². The highest BCUT2D eigenvalue weighted by Gasteiger charge is 2.31. The first kappa shape index (κ1) is 19.8. The third-order valence-corrected chi connectivity index (χ3v) is 3.81. The van der Waals surface area contributed by atoms with Gasteiger partial charge in [-0.3, -0.25) is 4.79 Å². The van der Waals surface area contributed by atoms with Crippen LogP contribution in [-0.2, 0) is 4.79 Å². The molecule has 0 radical (unpaired) electrons. The van der Waals surface area contributed by atoms with Crippen molar-refractivity contribution >= 4 is 35.0 Å². The number of halogens is 1. The maximum atomic E-state index is 12.8. The number of anilines is 3. The SMILES string of the molecule is CN(C)c1ncc(NC(=O)C(C)(C)Oc2ccc(Cl)cc2)c(N(C)C)n1. The van der Waals surface area contributed by atoms with Gasteiger partial charge in [0, 0.05) is 33.2 Å². The lowest BCUT2D eigenvalue weighted by Gasteiger charge is -2.26. The third-order valence-electron chi connectivity index (χ3n) is 3.56. The first-order valence-electron chi connectivity index (χ1n) is 8.08. The summed E-state index contributed by atoms with van der Waals surface area (Å²) in [6.45, 7) is 3.39. The molecule has 1 amide bonds. The van der Waals surface area contributed by atoms with Crippen LogP contribution >= 0.6 is 11.6 Å². The average molecular weight is 378 g/mol. The van der Waals surface area contributed by atoms with Crippen LogP contribution in [0, 0.1) is 0 Å². The molecular formula is C18H24ClN5O2. The van der Waals surface area contributed by atoms with Crippen molar-refractivity contribution < 1.29 is 9.53 Å². The fourth-order valence-corrected chi connectivity index (χ4v) is 2.25. The van der Waals surface area contributed by atoms with Crippen LogP contribution in [0.25, 0.3) is 0 Å². The highest BCUT2D eigenvalue weighted by molar-refractivity contribution is 6.30. The van der Waals surface area contributed by atoms with Gasteiger partial charge in [0.2, 0.25) is 5.95 Å². The predicted octanol–water partition coefficient (Wildman–Crippen LogP) is 3.06. The second kappa shape index (κ2) is 7.78. The number of benzene rings is 1. The van der Waals surface area contributed by atoms with Gasteiger partial charge in [0.15, 0.2) is 11.4 Å². The summed E-state index contributed by atoms with van der Waals surface area (Å²) in [5, 5.41) is 3.46. The molecule has 0 bridgehead atoms. The summed E-state index contributed by atoms with van der Waals surface area (Å²) in [6.07, 6.45) is 1.59. The van der Waals surface area contributed by atoms with Gasteiger partial charge in [-0.25, -0.2) is 4.98 Å². The van der Waals surface area contributed by atoms with Crippen LogP contribution < -0.4 is 19.9 Å². The van der Waals surface area contributed by atoms with Gasteiger partial charge in [-0.15, -0.1) is 0 Å². The number of ether oxygens (including phenoxy) is 1. The maximum absolute atomic E-state index is 12.8. The van der Waals surface area contributed by atoms with Gasteiger partial charge in [0.1, 0.15) is 11.4 Å². The van der Waals surface area contributed by atoms with Crippen LogP contribution in [0.3, 0.4) is 0 Å². The Morgan fingerprint density at radius 3 is 2.27 bits per heavy atom. The number of aromatic nitrogens is 2. The van der Waals surface area contributed by atoms with Crippen LogP contribution in [0.5, 0.6) is 5.75 Å². The van der Waals surface area contributed by atoms with Crippen molar-refractivity contribution in [2.24, 2.45) is 0 Å². The monoisotopic (exact) mass is 377 g/mol. The van der Waals surface area contributed by atoms with Crippen molar-refractivity contribution in [1.82, 2.24) is 9.97 Å². The highest BCUT2D eigenvalue weighted by atomic mass is 35.5. The Hall–Kier alpha value is -2.54. The molecule has 0 fully saturated rings. The van der Waals surface area contributed by atoms with E-state index in [0.29, 0.717) is 28.2 Å². The van der Waals surface area contributed by atoms with Crippen LogP contribution in [0.1, 0.15) is 13.8 Å². The van der Waals surface area contributed by atoms with E-state index in [0.717, 1.165) is 0 Å². The molecule has 0 atom stereocenters. The van der Waals surface area contributed by atoms with E-state index in [2.05, 4.69) is 15.3 Å². The molecule has 7 nitrogen and oxygen atoms in total. The van der Waals surface area contributed by atoms with Gasteiger partial charge in [-0.1, -0.05) is 11.6 Å². The van der Waals surface area contributed by atoms with Crippen molar-refractivity contribution in [3.63, 3.8) is 0 Å². The summed E-state index contributed by atoms with van der Waals surface area (Å²) in [5.74, 6) is 1.42. The molecule has 0 saturated heterocycles. The highest BCUT2D eigenvalue weighted by Crippen LogP contribution is 2.26. The molecule has 8 heteroatoms. The summed E-state index contributed by atoms with van der Waals surface area (Å²) in [6, 6.07) is 6.86. The lowest BCUT2D eigenvalue weighted by Crippen LogP contribution is -2.42. The molecular weight excluding hydrogens is 354 g/mol. The van der Waals surface area contributed by atoms with Gasteiger partial charge in [-0.2, -0.15) is 4.98 Å². The van der Waals surface area contributed by atoms with Crippen molar-refractivity contribution in [3.05, 3.63) is 35.5 Å². The van der Waals surface area contributed by atoms with Gasteiger partial charge >= 0.3 is 0 Å². The van der Waals surface area contributed by atoms with Gasteiger partial charge in [0.25, 0.3) is 5.91 Å². The number of nitrogens with zero attached hydrogens (tertiary/aromatic N) is 4. The first-order chi connectivity index (χ1) is 12.1. The minimum absolute atomic E-state index is 0.309. The zero-order valence-corrected chi connectivity index (χ0v) is 16.6. The molecule has 1 heterocycles. The Balaban J connectivity index is 2.20. The standard InChI is InChI=1S/C18H24ClN5O2/c1-18(2,26-13-9-7-12(19)8-10-13)16(25)21-14-11-20-17(24(5)6)22-15(14)23(3)4/h7-11H,1-6H3,(H,21,25). The normalized spacial score (nSPS) is 11.0. The molecule has 1 aromatic heterocycles. The molecule has 0 aliphatic carbocycles. The zero-order chi connectivity index (χ0) is 19.5. The minimum atomic E-state index is -1.10. The molecule has 140 valence electrons. The van der Waals surface area contributed by atoms with Gasteiger partial charge in [0.05, 0.1) is 6.20 Å². The van der Waals surface area contributed by atoms with Gasteiger partial charge in [-0.05, 0) is 38.1 Å². The first-order valence-corrected chi connectivity index (χ1v) is 8.45. The number of hydrogen-bond donors (Lipinski definition) is 1. The molecule has 2 aromatic rings. The fraction of sp³-hybridized carbons (Fsp3) is 0.389. The number of rotatable bonds is 6. The van der Waals surface area contributed by atoms with Crippen LogP contribution in [0.4, 0.5) is 17.5 Å². The number of amides is 1. The van der Waals surface area contributed by atoms with E-state index in [9.17, 15) is 4.79 Å². The molecule has 26 heavy (non-hydrogen) atoms. The molecule has 0 saturated carbocycles. The topological polar surface area (TPSA) is 70.6 Å². The zero-order valence-electron chi connectivity index (χ0n) is 15.9. The number of carbonyl (C=O) groups excluding carboxylic acids is 1. The number of nitrogens with one attached hydrogen (secondary N) is 1. The van der Waals surface area contributed by atoms with Crippen molar-refractivity contribution in [2.75, 3.05) is 43.3 Å². The number of carbonyl (C=O) groups is 1. The quantitative estimate of drug-likeness (QED) is 0.834. The summed E-state index contributed by atoms with van der Waals surface area (Å²) >= 11 is 5.88. The Morgan fingerprint density at radius 2 is 1.73 bits per heavy atom. The maximum Gasteiger partial charge on any atom is 0.268 e. The predicted molar refractivity (Wildman–Crippen MR) is 105 cm³/mol. The van der Waals surface area contributed by atoms with E-state index in [1.807, 2.05) is 33.1 Å². The lowest BCUT2D eigenvalue weighted by atomic mass is 10.1. The second-order valence-electron chi connectivity index (χ2n) is 6.72. The number of hydrogen-bond acceptors (Lipinski definition) is 6. The third kappa shape index (κ3) is 4.76. The minimum Gasteiger partial charge on any atom is -0.478 e. The van der Waals surface area contributed by atoms with E-state index < -0.39 is 5.60 Å². The largest absolute Gasteiger partial charge is 0.478 e. The second-order valence-corrected chi connectivity index (χ2v) is 7.15. The average Bonchev–Trinajstić information content (AvgIpc) is 2.56. The van der Waals surface area contributed by atoms with Crippen LogP contribution in [-0.4, -0.2) is 49.7 Å². The molecule has 1 N–H and O–H groups in total. The molecule has 0 aliphatic heterocycles. The van der Waals surface area contributed by atoms with Crippen molar-refractivity contribution in [2.45, 2.75) is 19.4 Å². The summed E-state index contributed by atoms with van der Waals surface area (Å²) < 4.78 is 5.82. The van der Waals surface area contributed by atoms with Gasteiger partial charge < -0.3 is 19.9 Å². The Kier molecular flexibility index (Phi) is 5.92. The fourth-order valence-electron chi connectivity index (χ4n) is 2.12. The molecule has 0 spiro atoms. The molecule has 0 aliphatic rings. The van der Waals surface area contributed by atoms with E-state index in [1.54, 1.807) is 49.2 Å². The Labute approximate surface area is 158 Å². The lowest BCUT2D eigenvalue weighted by molar-refractivity contribution is -0.128. The Morgan fingerprint density at radius 1 is 1.12 bits per heavy atom. The van der Waals surface area contributed by atoms with Crippen molar-refractivity contribution in [1.29, 1.82) is 0 Å². The summed E-state index contributed by atoms with van der Waals surface area (Å²) in [7, 11) is 7.42. The molecule has 0 unspecified atom stereocenters. The Bertz CT molecular complexity index is 776. The van der Waals surface area contributed by atoms with E-state index >= 15 is 0 Å². The van der Waals surface area contributed by atoms with Crippen LogP contribution in [0.15, 0.2) is 30.5 Å². The van der Waals surface area contributed by atoms with E-state index in [-0.39, 0.29) is 5.91 Å². The molecule has 2 rings (SSSR count). The van der Waals surface area contributed by atoms with Crippen molar-refractivity contribution in [3.8, 4) is 5.75 Å². The van der Waals surface area contributed by atoms with Crippen LogP contribution in [0.2, 0.25) is 5.02 Å².